The molecule has 0 bridgehead atoms. The molecule has 0 aliphatic heterocycles. The van der Waals surface area contributed by atoms with E-state index in [1.165, 1.54) is 5.56 Å². The lowest BCUT2D eigenvalue weighted by molar-refractivity contribution is 0.267. The Labute approximate surface area is 107 Å². The van der Waals surface area contributed by atoms with Crippen LogP contribution in [0.4, 0.5) is 5.82 Å². The van der Waals surface area contributed by atoms with Gasteiger partial charge < -0.3 is 5.73 Å². The summed E-state index contributed by atoms with van der Waals surface area (Å²) in [5, 5.41) is 0. The molecule has 0 fully saturated rings. The third-order valence-corrected chi connectivity index (χ3v) is 2.71. The zero-order valence-corrected chi connectivity index (χ0v) is 10.5. The third kappa shape index (κ3) is 3.49. The van der Waals surface area contributed by atoms with E-state index in [1.54, 1.807) is 12.4 Å². The molecule has 18 heavy (non-hydrogen) atoms. The van der Waals surface area contributed by atoms with Gasteiger partial charge in [0.1, 0.15) is 5.82 Å². The predicted octanol–water partition coefficient (Wildman–Crippen LogP) is 1.48. The second-order valence-corrected chi connectivity index (χ2v) is 4.09. The minimum atomic E-state index is 0.455. The Kier molecular flexibility index (Phi) is 4.20. The molecule has 94 valence electrons. The number of pyridine rings is 1. The number of hydrogen-bond donors (Lipinski definition) is 1. The number of anilines is 1. The Bertz CT molecular complexity index is 469. The maximum atomic E-state index is 5.52. The highest BCUT2D eigenvalue weighted by Gasteiger charge is 2.06. The van der Waals surface area contributed by atoms with Crippen molar-refractivity contribution in [1.29, 1.82) is 0 Å². The lowest BCUT2D eigenvalue weighted by atomic mass is 10.2. The summed E-state index contributed by atoms with van der Waals surface area (Å²) < 4.78 is 0. The fraction of sp³-hybridized carbons (Fsp3) is 0.308. The average Bonchev–Trinajstić information content (AvgIpc) is 2.41. The van der Waals surface area contributed by atoms with Gasteiger partial charge >= 0.3 is 0 Å². The van der Waals surface area contributed by atoms with Gasteiger partial charge in [0.25, 0.3) is 0 Å². The number of nitrogens with two attached hydrogens (primary N) is 1. The van der Waals surface area contributed by atoms with Crippen LogP contribution < -0.4 is 5.73 Å². The summed E-state index contributed by atoms with van der Waals surface area (Å²) in [6, 6.07) is 4.05. The molecule has 2 aromatic rings. The summed E-state index contributed by atoms with van der Waals surface area (Å²) in [5.74, 6) is 0.455. The van der Waals surface area contributed by atoms with Gasteiger partial charge in [-0.3, -0.25) is 14.9 Å². The summed E-state index contributed by atoms with van der Waals surface area (Å²) >= 11 is 0. The van der Waals surface area contributed by atoms with Gasteiger partial charge in [0.2, 0.25) is 0 Å². The molecule has 0 aliphatic carbocycles. The minimum Gasteiger partial charge on any atom is -0.382 e. The molecule has 5 heteroatoms. The first-order valence-electron chi connectivity index (χ1n) is 5.95. The van der Waals surface area contributed by atoms with Crippen molar-refractivity contribution in [1.82, 2.24) is 19.9 Å². The van der Waals surface area contributed by atoms with Crippen molar-refractivity contribution in [3.05, 3.63) is 48.2 Å². The van der Waals surface area contributed by atoms with Gasteiger partial charge in [0, 0.05) is 25.5 Å². The Hall–Kier alpha value is -2.01. The van der Waals surface area contributed by atoms with Crippen LogP contribution in [0.5, 0.6) is 0 Å². The van der Waals surface area contributed by atoms with E-state index in [4.69, 9.17) is 5.73 Å². The van der Waals surface area contributed by atoms with E-state index < -0.39 is 0 Å². The van der Waals surface area contributed by atoms with Crippen LogP contribution >= 0.6 is 0 Å². The van der Waals surface area contributed by atoms with E-state index in [2.05, 4.69) is 26.8 Å². The minimum absolute atomic E-state index is 0.455. The molecule has 0 aromatic carbocycles. The van der Waals surface area contributed by atoms with E-state index in [9.17, 15) is 0 Å². The van der Waals surface area contributed by atoms with E-state index >= 15 is 0 Å². The molecule has 0 unspecified atom stereocenters. The number of nitrogen functional groups attached to an aromatic ring is 1. The molecule has 0 amide bonds. The van der Waals surface area contributed by atoms with Crippen LogP contribution in [0.1, 0.15) is 18.2 Å². The van der Waals surface area contributed by atoms with Crippen LogP contribution in [0.25, 0.3) is 0 Å². The Morgan fingerprint density at radius 2 is 1.89 bits per heavy atom. The highest BCUT2D eigenvalue weighted by molar-refractivity contribution is 5.22. The number of rotatable bonds is 5. The lowest BCUT2D eigenvalue weighted by Crippen LogP contribution is -2.23. The SMILES string of the molecule is CCN(Cc1ccncc1)Cc1cnc(N)cn1. The smallest absolute Gasteiger partial charge is 0.141 e. The van der Waals surface area contributed by atoms with Crippen LogP contribution in [0.2, 0.25) is 0 Å². The van der Waals surface area contributed by atoms with E-state index in [-0.39, 0.29) is 0 Å². The molecule has 0 saturated heterocycles. The van der Waals surface area contributed by atoms with Gasteiger partial charge in [-0.1, -0.05) is 6.92 Å². The highest BCUT2D eigenvalue weighted by Crippen LogP contribution is 2.07. The maximum absolute atomic E-state index is 5.52. The highest BCUT2D eigenvalue weighted by atomic mass is 15.1. The van der Waals surface area contributed by atoms with E-state index in [0.717, 1.165) is 25.3 Å². The lowest BCUT2D eigenvalue weighted by Gasteiger charge is -2.19. The second-order valence-electron chi connectivity index (χ2n) is 4.09. The van der Waals surface area contributed by atoms with Crippen molar-refractivity contribution < 1.29 is 0 Å². The van der Waals surface area contributed by atoms with Crippen molar-refractivity contribution in [2.75, 3.05) is 12.3 Å². The molecular weight excluding hydrogens is 226 g/mol. The van der Waals surface area contributed by atoms with E-state index in [0.29, 0.717) is 5.82 Å². The van der Waals surface area contributed by atoms with Gasteiger partial charge in [-0.2, -0.15) is 0 Å². The van der Waals surface area contributed by atoms with Crippen LogP contribution in [0.3, 0.4) is 0 Å². The van der Waals surface area contributed by atoms with Crippen LogP contribution in [0.15, 0.2) is 36.9 Å². The molecule has 0 radical (unpaired) electrons. The van der Waals surface area contributed by atoms with Crippen LogP contribution in [0, 0.1) is 0 Å². The first-order chi connectivity index (χ1) is 8.78. The predicted molar refractivity (Wildman–Crippen MR) is 70.5 cm³/mol. The number of hydrogen-bond acceptors (Lipinski definition) is 5. The first kappa shape index (κ1) is 12.4. The normalized spacial score (nSPS) is 10.8. The van der Waals surface area contributed by atoms with Crippen molar-refractivity contribution in [3.63, 3.8) is 0 Å². The van der Waals surface area contributed by atoms with Crippen molar-refractivity contribution in [2.24, 2.45) is 0 Å². The van der Waals surface area contributed by atoms with Crippen LogP contribution in [-0.2, 0) is 13.1 Å². The van der Waals surface area contributed by atoms with Gasteiger partial charge in [-0.15, -0.1) is 0 Å². The summed E-state index contributed by atoms with van der Waals surface area (Å²) in [6.45, 7) is 4.73. The zero-order valence-electron chi connectivity index (χ0n) is 10.5. The zero-order chi connectivity index (χ0) is 12.8. The number of aromatic nitrogens is 3. The fourth-order valence-corrected chi connectivity index (χ4v) is 1.70. The molecule has 2 N–H and O–H groups in total. The Morgan fingerprint density at radius 1 is 1.11 bits per heavy atom. The van der Waals surface area contributed by atoms with Gasteiger partial charge in [0.15, 0.2) is 0 Å². The standard InChI is InChI=1S/C13H17N5/c1-2-18(9-11-3-5-15-6-4-11)10-12-7-17-13(14)8-16-12/h3-8H,2,9-10H2,1H3,(H2,14,17). The Morgan fingerprint density at radius 3 is 2.50 bits per heavy atom. The van der Waals surface area contributed by atoms with Gasteiger partial charge in [-0.05, 0) is 24.2 Å². The van der Waals surface area contributed by atoms with Gasteiger partial charge in [0.05, 0.1) is 18.1 Å². The topological polar surface area (TPSA) is 67.9 Å². The molecule has 0 aliphatic rings. The molecule has 5 nitrogen and oxygen atoms in total. The molecular formula is C13H17N5. The van der Waals surface area contributed by atoms with Gasteiger partial charge in [-0.25, -0.2) is 4.98 Å². The summed E-state index contributed by atoms with van der Waals surface area (Å²) in [6.07, 6.45) is 6.94. The summed E-state index contributed by atoms with van der Waals surface area (Å²) in [4.78, 5) is 14.6. The third-order valence-electron chi connectivity index (χ3n) is 2.71. The maximum Gasteiger partial charge on any atom is 0.141 e. The van der Waals surface area contributed by atoms with Crippen molar-refractivity contribution in [2.45, 2.75) is 20.0 Å². The molecule has 2 aromatic heterocycles. The summed E-state index contributed by atoms with van der Waals surface area (Å²) in [7, 11) is 0. The first-order valence-corrected chi connectivity index (χ1v) is 5.95. The fourth-order valence-electron chi connectivity index (χ4n) is 1.70. The molecule has 0 atom stereocenters. The number of nitrogens with zero attached hydrogens (tertiary/aromatic N) is 4. The molecule has 0 spiro atoms. The van der Waals surface area contributed by atoms with Crippen molar-refractivity contribution >= 4 is 5.82 Å². The summed E-state index contributed by atoms with van der Waals surface area (Å²) in [5.41, 5.74) is 7.70. The van der Waals surface area contributed by atoms with E-state index in [1.807, 2.05) is 24.5 Å². The largest absolute Gasteiger partial charge is 0.382 e. The molecule has 2 rings (SSSR count). The van der Waals surface area contributed by atoms with Crippen LogP contribution in [-0.4, -0.2) is 26.4 Å². The monoisotopic (exact) mass is 243 g/mol. The quantitative estimate of drug-likeness (QED) is 0.861. The molecule has 0 saturated carbocycles. The average molecular weight is 243 g/mol. The molecule has 2 heterocycles. The Balaban J connectivity index is 1.99. The second kappa shape index (κ2) is 6.07. The van der Waals surface area contributed by atoms with Crippen molar-refractivity contribution in [3.8, 4) is 0 Å².